The third-order valence-electron chi connectivity index (χ3n) is 5.34. The summed E-state index contributed by atoms with van der Waals surface area (Å²) < 4.78 is 0. The lowest BCUT2D eigenvalue weighted by Crippen LogP contribution is -2.46. The van der Waals surface area contributed by atoms with Crippen LogP contribution in [0.5, 0.6) is 0 Å². The Bertz CT molecular complexity index is 302. The van der Waals surface area contributed by atoms with Gasteiger partial charge in [-0.15, -0.1) is 0 Å². The van der Waals surface area contributed by atoms with Crippen molar-refractivity contribution < 1.29 is 4.79 Å². The fourth-order valence-electron chi connectivity index (χ4n) is 3.98. The molecule has 3 aliphatic rings. The maximum absolute atomic E-state index is 12.7. The molecule has 3 rings (SSSR count). The first-order chi connectivity index (χ1) is 8.83. The maximum Gasteiger partial charge on any atom is 0.226 e. The molecule has 3 saturated carbocycles. The Kier molecular flexibility index (Phi) is 3.60. The number of carbonyl (C=O) groups is 1. The molecule has 0 heterocycles. The molecule has 0 aromatic heterocycles. The minimum atomic E-state index is 0.394. The number of amides is 1. The minimum absolute atomic E-state index is 0.394. The summed E-state index contributed by atoms with van der Waals surface area (Å²) >= 11 is 0. The van der Waals surface area contributed by atoms with Gasteiger partial charge in [-0.25, -0.2) is 0 Å². The van der Waals surface area contributed by atoms with Gasteiger partial charge in [0.1, 0.15) is 0 Å². The number of nitrogens with zero attached hydrogens (tertiary/aromatic N) is 1. The summed E-state index contributed by atoms with van der Waals surface area (Å²) in [5.41, 5.74) is 5.61. The van der Waals surface area contributed by atoms with Gasteiger partial charge in [0.2, 0.25) is 5.91 Å². The maximum atomic E-state index is 12.7. The highest BCUT2D eigenvalue weighted by Crippen LogP contribution is 2.56. The van der Waals surface area contributed by atoms with Crippen LogP contribution in [0, 0.1) is 17.8 Å². The molecule has 0 radical (unpaired) electrons. The van der Waals surface area contributed by atoms with E-state index in [9.17, 15) is 4.79 Å². The average molecular weight is 250 g/mol. The first kappa shape index (κ1) is 12.5. The molecule has 2 N–H and O–H groups in total. The van der Waals surface area contributed by atoms with E-state index in [2.05, 4.69) is 4.90 Å². The minimum Gasteiger partial charge on any atom is -0.339 e. The molecule has 3 heteroatoms. The van der Waals surface area contributed by atoms with Crippen molar-refractivity contribution in [2.75, 3.05) is 13.1 Å². The highest BCUT2D eigenvalue weighted by atomic mass is 16.2. The zero-order valence-electron chi connectivity index (χ0n) is 11.3. The Balaban J connectivity index is 1.60. The van der Waals surface area contributed by atoms with Gasteiger partial charge in [0.05, 0.1) is 0 Å². The van der Waals surface area contributed by atoms with Crippen LogP contribution in [0.2, 0.25) is 0 Å². The van der Waals surface area contributed by atoms with Crippen LogP contribution in [0.25, 0.3) is 0 Å². The molecule has 0 saturated heterocycles. The topological polar surface area (TPSA) is 46.3 Å². The van der Waals surface area contributed by atoms with Crippen molar-refractivity contribution in [2.45, 2.75) is 57.4 Å². The summed E-state index contributed by atoms with van der Waals surface area (Å²) in [6.07, 6.45) is 10.00. The second-order valence-electron chi connectivity index (χ2n) is 6.40. The van der Waals surface area contributed by atoms with Crippen LogP contribution >= 0.6 is 0 Å². The SMILES string of the molecule is NCCCN(C(=O)C1C2CCCCC21)C1CCC1. The molecule has 0 bridgehead atoms. The van der Waals surface area contributed by atoms with E-state index in [1.54, 1.807) is 0 Å². The van der Waals surface area contributed by atoms with Crippen LogP contribution in [-0.4, -0.2) is 29.9 Å². The molecule has 3 fully saturated rings. The molecule has 3 nitrogen and oxygen atoms in total. The van der Waals surface area contributed by atoms with Crippen molar-refractivity contribution in [3.63, 3.8) is 0 Å². The van der Waals surface area contributed by atoms with E-state index >= 15 is 0 Å². The van der Waals surface area contributed by atoms with Crippen molar-refractivity contribution in [2.24, 2.45) is 23.5 Å². The van der Waals surface area contributed by atoms with E-state index in [4.69, 9.17) is 5.73 Å². The molecule has 2 atom stereocenters. The van der Waals surface area contributed by atoms with E-state index in [0.29, 0.717) is 24.4 Å². The van der Waals surface area contributed by atoms with Gasteiger partial charge >= 0.3 is 0 Å². The summed E-state index contributed by atoms with van der Waals surface area (Å²) in [5.74, 6) is 2.36. The fourth-order valence-corrected chi connectivity index (χ4v) is 3.98. The highest BCUT2D eigenvalue weighted by Gasteiger charge is 2.56. The lowest BCUT2D eigenvalue weighted by Gasteiger charge is -2.38. The second-order valence-corrected chi connectivity index (χ2v) is 6.40. The quantitative estimate of drug-likeness (QED) is 0.812. The van der Waals surface area contributed by atoms with Gasteiger partial charge in [-0.3, -0.25) is 4.79 Å². The molecule has 0 aliphatic heterocycles. The van der Waals surface area contributed by atoms with Crippen LogP contribution in [0.15, 0.2) is 0 Å². The number of hydrogen-bond acceptors (Lipinski definition) is 2. The predicted octanol–water partition coefficient (Wildman–Crippen LogP) is 2.15. The number of fused-ring (bicyclic) bond motifs is 1. The van der Waals surface area contributed by atoms with Gasteiger partial charge in [0.25, 0.3) is 0 Å². The first-order valence-corrected chi connectivity index (χ1v) is 7.83. The third kappa shape index (κ3) is 2.18. The van der Waals surface area contributed by atoms with Crippen molar-refractivity contribution in [3.05, 3.63) is 0 Å². The van der Waals surface area contributed by atoms with Crippen LogP contribution in [-0.2, 0) is 4.79 Å². The van der Waals surface area contributed by atoms with Gasteiger partial charge < -0.3 is 10.6 Å². The van der Waals surface area contributed by atoms with E-state index in [1.165, 1.54) is 44.9 Å². The largest absolute Gasteiger partial charge is 0.339 e. The Morgan fingerprint density at radius 1 is 1.06 bits per heavy atom. The standard InChI is InChI=1S/C15H26N2O/c16-9-4-10-17(11-5-3-6-11)15(18)14-12-7-1-2-8-13(12)14/h11-14H,1-10,16H2. The zero-order chi connectivity index (χ0) is 12.5. The molecule has 2 unspecified atom stereocenters. The van der Waals surface area contributed by atoms with Gasteiger partial charge in [-0.2, -0.15) is 0 Å². The molecule has 0 aromatic carbocycles. The second kappa shape index (κ2) is 5.20. The highest BCUT2D eigenvalue weighted by molar-refractivity contribution is 5.82. The molecular weight excluding hydrogens is 224 g/mol. The van der Waals surface area contributed by atoms with Gasteiger partial charge in [-0.1, -0.05) is 12.8 Å². The normalized spacial score (nSPS) is 34.6. The Morgan fingerprint density at radius 2 is 1.72 bits per heavy atom. The summed E-state index contributed by atoms with van der Waals surface area (Å²) in [6.45, 7) is 1.60. The van der Waals surface area contributed by atoms with E-state index in [1.807, 2.05) is 0 Å². The smallest absolute Gasteiger partial charge is 0.226 e. The number of rotatable bonds is 5. The predicted molar refractivity (Wildman–Crippen MR) is 72.0 cm³/mol. The molecule has 102 valence electrons. The van der Waals surface area contributed by atoms with Gasteiger partial charge in [0.15, 0.2) is 0 Å². The Morgan fingerprint density at radius 3 is 2.22 bits per heavy atom. The van der Waals surface area contributed by atoms with Gasteiger partial charge in [0, 0.05) is 18.5 Å². The van der Waals surface area contributed by atoms with Crippen molar-refractivity contribution >= 4 is 5.91 Å². The average Bonchev–Trinajstić information content (AvgIpc) is 3.05. The van der Waals surface area contributed by atoms with Crippen LogP contribution in [0.1, 0.15) is 51.4 Å². The molecule has 3 aliphatic carbocycles. The van der Waals surface area contributed by atoms with Crippen LogP contribution in [0.3, 0.4) is 0 Å². The summed E-state index contributed by atoms with van der Waals surface area (Å²) in [6, 6.07) is 0.548. The van der Waals surface area contributed by atoms with Crippen LogP contribution in [0.4, 0.5) is 0 Å². The summed E-state index contributed by atoms with van der Waals surface area (Å²) in [7, 11) is 0. The number of nitrogens with two attached hydrogens (primary N) is 1. The lowest BCUT2D eigenvalue weighted by atomic mass is 9.91. The molecule has 18 heavy (non-hydrogen) atoms. The number of hydrogen-bond donors (Lipinski definition) is 1. The summed E-state index contributed by atoms with van der Waals surface area (Å²) in [4.78, 5) is 14.9. The zero-order valence-corrected chi connectivity index (χ0v) is 11.3. The van der Waals surface area contributed by atoms with Crippen molar-refractivity contribution in [1.82, 2.24) is 4.90 Å². The van der Waals surface area contributed by atoms with Gasteiger partial charge in [-0.05, 0) is 56.9 Å². The molecule has 0 spiro atoms. The van der Waals surface area contributed by atoms with Crippen molar-refractivity contribution in [3.8, 4) is 0 Å². The van der Waals surface area contributed by atoms with E-state index < -0.39 is 0 Å². The third-order valence-corrected chi connectivity index (χ3v) is 5.34. The summed E-state index contributed by atoms with van der Waals surface area (Å²) in [5, 5.41) is 0. The van der Waals surface area contributed by atoms with E-state index in [-0.39, 0.29) is 0 Å². The Hall–Kier alpha value is -0.570. The Labute approximate surface area is 110 Å². The van der Waals surface area contributed by atoms with Crippen LogP contribution < -0.4 is 5.73 Å². The van der Waals surface area contributed by atoms with E-state index in [0.717, 1.165) is 24.8 Å². The first-order valence-electron chi connectivity index (χ1n) is 7.83. The molecule has 0 aromatic rings. The lowest BCUT2D eigenvalue weighted by molar-refractivity contribution is -0.137. The fraction of sp³-hybridized carbons (Fsp3) is 0.933. The van der Waals surface area contributed by atoms with Crippen molar-refractivity contribution in [1.29, 1.82) is 0 Å². The molecular formula is C15H26N2O. The molecule has 1 amide bonds. The number of carbonyl (C=O) groups excluding carboxylic acids is 1. The monoisotopic (exact) mass is 250 g/mol.